The zero-order chi connectivity index (χ0) is 20.6. The van der Waals surface area contributed by atoms with Gasteiger partial charge in [0.05, 0.1) is 6.61 Å². The first kappa shape index (κ1) is 20.9. The van der Waals surface area contributed by atoms with Crippen molar-refractivity contribution in [3.8, 4) is 0 Å². The number of ether oxygens (including phenoxy) is 1. The molecule has 1 fully saturated rings. The van der Waals surface area contributed by atoms with Crippen LogP contribution in [0, 0.1) is 6.92 Å². The number of piperidine rings is 1. The summed E-state index contributed by atoms with van der Waals surface area (Å²) >= 11 is 0. The number of hydrogen-bond donors (Lipinski definition) is 1. The third-order valence-electron chi connectivity index (χ3n) is 5.10. The van der Waals surface area contributed by atoms with E-state index in [9.17, 15) is 4.79 Å². The molecule has 1 aromatic carbocycles. The SMILES string of the molecule is CCOC(=O)N1CCC(Nc2cc(C)nc(N(CC)Cc3ccccc3)n2)CC1. The number of nitrogens with one attached hydrogen (secondary N) is 1. The second-order valence-electron chi connectivity index (χ2n) is 7.30. The van der Waals surface area contributed by atoms with Crippen LogP contribution < -0.4 is 10.2 Å². The Morgan fingerprint density at radius 2 is 1.93 bits per heavy atom. The van der Waals surface area contributed by atoms with Crippen LogP contribution in [0.3, 0.4) is 0 Å². The Hall–Kier alpha value is -2.83. The van der Waals surface area contributed by atoms with E-state index in [1.807, 2.05) is 26.0 Å². The molecule has 0 radical (unpaired) electrons. The van der Waals surface area contributed by atoms with Gasteiger partial charge < -0.3 is 19.9 Å². The summed E-state index contributed by atoms with van der Waals surface area (Å²) in [6.07, 6.45) is 1.53. The Bertz CT molecular complexity index is 791. The number of amides is 1. The molecular formula is C22H31N5O2. The fraction of sp³-hybridized carbons (Fsp3) is 0.500. The zero-order valence-corrected chi connectivity index (χ0v) is 17.6. The quantitative estimate of drug-likeness (QED) is 0.765. The summed E-state index contributed by atoms with van der Waals surface area (Å²) in [6, 6.07) is 12.6. The van der Waals surface area contributed by atoms with Gasteiger partial charge in [-0.2, -0.15) is 4.98 Å². The van der Waals surface area contributed by atoms with E-state index in [1.165, 1.54) is 5.56 Å². The predicted molar refractivity (Wildman–Crippen MR) is 115 cm³/mol. The highest BCUT2D eigenvalue weighted by Crippen LogP contribution is 2.20. The van der Waals surface area contributed by atoms with Crippen molar-refractivity contribution in [2.24, 2.45) is 0 Å². The minimum absolute atomic E-state index is 0.217. The Balaban J connectivity index is 1.64. The van der Waals surface area contributed by atoms with Crippen LogP contribution in [0.5, 0.6) is 0 Å². The largest absolute Gasteiger partial charge is 0.450 e. The fourth-order valence-electron chi connectivity index (χ4n) is 3.53. The van der Waals surface area contributed by atoms with Crippen LogP contribution in [0.1, 0.15) is 37.9 Å². The highest BCUT2D eigenvalue weighted by Gasteiger charge is 2.24. The van der Waals surface area contributed by atoms with Gasteiger partial charge in [-0.25, -0.2) is 9.78 Å². The number of benzene rings is 1. The summed E-state index contributed by atoms with van der Waals surface area (Å²) < 4.78 is 5.09. The van der Waals surface area contributed by atoms with Crippen molar-refractivity contribution in [2.45, 2.75) is 46.2 Å². The maximum Gasteiger partial charge on any atom is 0.409 e. The number of carbonyl (C=O) groups excluding carboxylic acids is 1. The monoisotopic (exact) mass is 397 g/mol. The van der Waals surface area contributed by atoms with E-state index in [0.29, 0.717) is 19.7 Å². The summed E-state index contributed by atoms with van der Waals surface area (Å²) in [5.41, 5.74) is 2.17. The summed E-state index contributed by atoms with van der Waals surface area (Å²) in [6.45, 7) is 9.36. The van der Waals surface area contributed by atoms with Crippen LogP contribution in [0.2, 0.25) is 0 Å². The van der Waals surface area contributed by atoms with Gasteiger partial charge in [0, 0.05) is 44.0 Å². The van der Waals surface area contributed by atoms with Gasteiger partial charge in [0.2, 0.25) is 5.95 Å². The smallest absolute Gasteiger partial charge is 0.409 e. The number of hydrogen-bond acceptors (Lipinski definition) is 6. The third-order valence-corrected chi connectivity index (χ3v) is 5.10. The van der Waals surface area contributed by atoms with E-state index < -0.39 is 0 Å². The van der Waals surface area contributed by atoms with Gasteiger partial charge in [0.15, 0.2) is 0 Å². The Morgan fingerprint density at radius 1 is 1.21 bits per heavy atom. The lowest BCUT2D eigenvalue weighted by atomic mass is 10.1. The van der Waals surface area contributed by atoms with Crippen LogP contribution in [-0.2, 0) is 11.3 Å². The highest BCUT2D eigenvalue weighted by molar-refractivity contribution is 5.67. The molecule has 0 unspecified atom stereocenters. The van der Waals surface area contributed by atoms with Gasteiger partial charge in [-0.15, -0.1) is 0 Å². The molecule has 0 spiro atoms. The van der Waals surface area contributed by atoms with Gasteiger partial charge in [-0.3, -0.25) is 0 Å². The predicted octanol–water partition coefficient (Wildman–Crippen LogP) is 3.84. The average molecular weight is 398 g/mol. The molecule has 0 aliphatic carbocycles. The van der Waals surface area contributed by atoms with Gasteiger partial charge >= 0.3 is 6.09 Å². The van der Waals surface area contributed by atoms with Crippen molar-refractivity contribution in [3.63, 3.8) is 0 Å². The van der Waals surface area contributed by atoms with E-state index >= 15 is 0 Å². The first-order valence-corrected chi connectivity index (χ1v) is 10.4. The van der Waals surface area contributed by atoms with Crippen molar-refractivity contribution < 1.29 is 9.53 Å². The molecule has 0 saturated carbocycles. The molecule has 1 saturated heterocycles. The van der Waals surface area contributed by atoms with Crippen LogP contribution in [-0.4, -0.2) is 53.2 Å². The fourth-order valence-corrected chi connectivity index (χ4v) is 3.53. The normalized spacial score (nSPS) is 14.5. The minimum atomic E-state index is -0.217. The first-order valence-electron chi connectivity index (χ1n) is 10.4. The van der Waals surface area contributed by atoms with Crippen LogP contribution in [0.25, 0.3) is 0 Å². The molecule has 0 bridgehead atoms. The molecule has 2 heterocycles. The highest BCUT2D eigenvalue weighted by atomic mass is 16.6. The molecule has 2 aromatic rings. The maximum absolute atomic E-state index is 11.9. The molecule has 1 N–H and O–H groups in total. The van der Waals surface area contributed by atoms with E-state index in [1.54, 1.807) is 4.90 Å². The molecule has 3 rings (SSSR count). The van der Waals surface area contributed by atoms with Gasteiger partial charge in [0.25, 0.3) is 0 Å². The average Bonchev–Trinajstić information content (AvgIpc) is 2.73. The lowest BCUT2D eigenvalue weighted by molar-refractivity contribution is 0.0983. The van der Waals surface area contributed by atoms with E-state index in [2.05, 4.69) is 46.4 Å². The van der Waals surface area contributed by atoms with Crippen LogP contribution in [0.4, 0.5) is 16.6 Å². The number of anilines is 2. The summed E-state index contributed by atoms with van der Waals surface area (Å²) in [7, 11) is 0. The molecule has 1 aromatic heterocycles. The van der Waals surface area contributed by atoms with Gasteiger partial charge in [-0.05, 0) is 39.2 Å². The topological polar surface area (TPSA) is 70.6 Å². The van der Waals surface area contributed by atoms with Gasteiger partial charge in [0.1, 0.15) is 5.82 Å². The Morgan fingerprint density at radius 3 is 2.59 bits per heavy atom. The van der Waals surface area contributed by atoms with Crippen molar-refractivity contribution in [1.29, 1.82) is 0 Å². The molecule has 156 valence electrons. The third kappa shape index (κ3) is 5.82. The van der Waals surface area contributed by atoms with Crippen LogP contribution >= 0.6 is 0 Å². The Labute approximate surface area is 173 Å². The number of aromatic nitrogens is 2. The number of aryl methyl sites for hydroxylation is 1. The van der Waals surface area contributed by atoms with Crippen molar-refractivity contribution in [2.75, 3.05) is 36.5 Å². The molecule has 0 atom stereocenters. The lowest BCUT2D eigenvalue weighted by Gasteiger charge is -2.32. The van der Waals surface area contributed by atoms with E-state index in [-0.39, 0.29) is 12.1 Å². The molecule has 1 amide bonds. The van der Waals surface area contributed by atoms with E-state index in [0.717, 1.165) is 43.4 Å². The number of carbonyl (C=O) groups is 1. The number of likely N-dealkylation sites (tertiary alicyclic amines) is 1. The van der Waals surface area contributed by atoms with Crippen molar-refractivity contribution >= 4 is 17.9 Å². The summed E-state index contributed by atoms with van der Waals surface area (Å²) in [5.74, 6) is 1.58. The second-order valence-corrected chi connectivity index (χ2v) is 7.30. The first-order chi connectivity index (χ1) is 14.1. The maximum atomic E-state index is 11.9. The number of nitrogens with zero attached hydrogens (tertiary/aromatic N) is 4. The molecular weight excluding hydrogens is 366 g/mol. The van der Waals surface area contributed by atoms with E-state index in [4.69, 9.17) is 9.72 Å². The molecule has 7 nitrogen and oxygen atoms in total. The second kappa shape index (κ2) is 10.1. The molecule has 1 aliphatic rings. The summed E-state index contributed by atoms with van der Waals surface area (Å²) in [5, 5.41) is 3.54. The van der Waals surface area contributed by atoms with Gasteiger partial charge in [-0.1, -0.05) is 30.3 Å². The molecule has 7 heteroatoms. The van der Waals surface area contributed by atoms with Crippen molar-refractivity contribution in [3.05, 3.63) is 47.7 Å². The number of rotatable bonds is 7. The molecule has 29 heavy (non-hydrogen) atoms. The zero-order valence-electron chi connectivity index (χ0n) is 17.6. The Kier molecular flexibility index (Phi) is 7.27. The minimum Gasteiger partial charge on any atom is -0.450 e. The summed E-state index contributed by atoms with van der Waals surface area (Å²) in [4.78, 5) is 25.3. The molecule has 1 aliphatic heterocycles. The van der Waals surface area contributed by atoms with Crippen molar-refractivity contribution in [1.82, 2.24) is 14.9 Å². The lowest BCUT2D eigenvalue weighted by Crippen LogP contribution is -2.42. The standard InChI is InChI=1S/C22H31N5O2/c1-4-26(16-18-9-7-6-8-10-18)21-23-17(3)15-20(25-21)24-19-11-13-27(14-12-19)22(28)29-5-2/h6-10,15,19H,4-5,11-14,16H2,1-3H3,(H,23,24,25). The van der Waals surface area contributed by atoms with Crippen LogP contribution in [0.15, 0.2) is 36.4 Å².